The average molecular weight is 284 g/mol. The van der Waals surface area contributed by atoms with Crippen LogP contribution in [0.1, 0.15) is 0 Å². The van der Waals surface area contributed by atoms with Crippen molar-refractivity contribution in [2.24, 2.45) is 0 Å². The maximum atomic E-state index is 12.2. The minimum Gasteiger partial charge on any atom is -0.448 e. The van der Waals surface area contributed by atoms with Gasteiger partial charge in [-0.2, -0.15) is 0 Å². The van der Waals surface area contributed by atoms with Gasteiger partial charge < -0.3 is 22.7 Å². The molecule has 0 atom stereocenters. The molecule has 1 fully saturated rings. The molecule has 1 aliphatic heterocycles. The molecule has 94 valence electrons. The van der Waals surface area contributed by atoms with Crippen LogP contribution in [0.15, 0.2) is 18.5 Å². The van der Waals surface area contributed by atoms with Crippen molar-refractivity contribution in [3.05, 3.63) is 18.5 Å². The Kier molecular flexibility index (Phi) is 6.56. The summed E-state index contributed by atoms with van der Waals surface area (Å²) in [5.74, 6) is 0.588. The van der Waals surface area contributed by atoms with Gasteiger partial charge in [-0.25, -0.2) is 9.97 Å². The summed E-state index contributed by atoms with van der Waals surface area (Å²) in [7, 11) is 0. The second-order valence-corrected chi connectivity index (χ2v) is 4.05. The van der Waals surface area contributed by atoms with Crippen LogP contribution >= 0.6 is 0 Å². The molecule has 1 aromatic rings. The maximum absolute atomic E-state index is 12.2. The van der Waals surface area contributed by atoms with E-state index in [1.165, 1.54) is 4.90 Å². The summed E-state index contributed by atoms with van der Waals surface area (Å²) in [4.78, 5) is 11.5. The molecule has 4 nitrogen and oxygen atoms in total. The summed E-state index contributed by atoms with van der Waals surface area (Å²) >= 11 is 0. The van der Waals surface area contributed by atoms with Crippen LogP contribution in [0.2, 0.25) is 0 Å². The third-order valence-corrected chi connectivity index (χ3v) is 2.67. The Hall–Kier alpha value is 0.331. The summed E-state index contributed by atoms with van der Waals surface area (Å²) in [5.41, 5.74) is 0. The van der Waals surface area contributed by atoms with Gasteiger partial charge in [0, 0.05) is 38.6 Å². The van der Waals surface area contributed by atoms with Gasteiger partial charge in [0.25, 0.3) is 0 Å². The summed E-state index contributed by atoms with van der Waals surface area (Å²) < 4.78 is 36.7. The van der Waals surface area contributed by atoms with Crippen molar-refractivity contribution >= 4 is 12.9 Å². The first kappa shape index (κ1) is 16.4. The molecule has 0 N–H and O–H groups in total. The van der Waals surface area contributed by atoms with E-state index in [0.29, 0.717) is 32.1 Å². The zero-order valence-electron chi connectivity index (χ0n) is 10.3. The van der Waals surface area contributed by atoms with E-state index in [2.05, 4.69) is 9.97 Å². The standard InChI is InChI=1S/C9H13BF3N4.K/c11-10(12,13)8-16-4-6-17(7-5-16)9-14-2-1-3-15-9;/h1-3H,4-8H2;/q-1;+1. The van der Waals surface area contributed by atoms with E-state index >= 15 is 0 Å². The molecule has 1 aliphatic rings. The van der Waals surface area contributed by atoms with Crippen LogP contribution in [0.4, 0.5) is 18.9 Å². The molecule has 0 spiro atoms. The molecular formula is C9H13BF3KN4. The molecule has 0 unspecified atom stereocenters. The van der Waals surface area contributed by atoms with E-state index in [1.54, 1.807) is 18.5 Å². The van der Waals surface area contributed by atoms with Crippen molar-refractivity contribution in [2.75, 3.05) is 37.5 Å². The van der Waals surface area contributed by atoms with Gasteiger partial charge in [0.05, 0.1) is 0 Å². The first-order valence-corrected chi connectivity index (χ1v) is 5.50. The number of hydrogen-bond acceptors (Lipinski definition) is 4. The Morgan fingerprint density at radius 1 is 1.06 bits per heavy atom. The summed E-state index contributed by atoms with van der Waals surface area (Å²) in [6, 6.07) is 1.71. The first-order chi connectivity index (χ1) is 8.04. The summed E-state index contributed by atoms with van der Waals surface area (Å²) in [5, 5.41) is 0. The molecule has 0 aliphatic carbocycles. The Morgan fingerprint density at radius 2 is 1.61 bits per heavy atom. The second kappa shape index (κ2) is 7.20. The molecule has 0 bridgehead atoms. The normalized spacial score (nSPS) is 17.4. The quantitative estimate of drug-likeness (QED) is 0.600. The number of piperazine rings is 1. The van der Waals surface area contributed by atoms with Crippen LogP contribution in [0.5, 0.6) is 0 Å². The summed E-state index contributed by atoms with van der Waals surface area (Å²) in [6.07, 6.45) is 2.49. The molecule has 9 heteroatoms. The molecule has 0 radical (unpaired) electrons. The fourth-order valence-corrected chi connectivity index (χ4v) is 1.88. The van der Waals surface area contributed by atoms with E-state index in [0.717, 1.165) is 0 Å². The maximum Gasteiger partial charge on any atom is 1.00 e. The van der Waals surface area contributed by atoms with Gasteiger partial charge in [-0.1, -0.05) is 0 Å². The molecule has 2 rings (SSSR count). The fourth-order valence-electron chi connectivity index (χ4n) is 1.88. The van der Waals surface area contributed by atoms with Gasteiger partial charge >= 0.3 is 58.4 Å². The molecule has 2 heterocycles. The number of nitrogens with zero attached hydrogens (tertiary/aromatic N) is 4. The van der Waals surface area contributed by atoms with Crippen LogP contribution in [-0.2, 0) is 0 Å². The Balaban J connectivity index is 0.00000162. The van der Waals surface area contributed by atoms with Gasteiger partial charge in [-0.05, 0) is 12.5 Å². The molecule has 18 heavy (non-hydrogen) atoms. The Labute approximate surface area is 146 Å². The molecule has 1 saturated heterocycles. The third kappa shape index (κ3) is 5.14. The number of hydrogen-bond donors (Lipinski definition) is 0. The Bertz CT molecular complexity index is 357. The van der Waals surface area contributed by atoms with Crippen molar-refractivity contribution in [3.63, 3.8) is 0 Å². The summed E-state index contributed by atoms with van der Waals surface area (Å²) in [6.45, 7) is -2.85. The van der Waals surface area contributed by atoms with Crippen molar-refractivity contribution in [1.82, 2.24) is 14.9 Å². The van der Waals surface area contributed by atoms with E-state index < -0.39 is 13.4 Å². The largest absolute Gasteiger partial charge is 1.00 e. The first-order valence-electron chi connectivity index (χ1n) is 5.50. The minimum absolute atomic E-state index is 0. The van der Waals surface area contributed by atoms with Crippen molar-refractivity contribution in [3.8, 4) is 0 Å². The van der Waals surface area contributed by atoms with Gasteiger partial charge in [0.15, 0.2) is 0 Å². The molecular weight excluding hydrogens is 271 g/mol. The smallest absolute Gasteiger partial charge is 0.448 e. The predicted octanol–water partition coefficient (Wildman–Crippen LogP) is -2.01. The number of anilines is 1. The minimum atomic E-state index is -4.73. The third-order valence-electron chi connectivity index (χ3n) is 2.67. The van der Waals surface area contributed by atoms with E-state index in [4.69, 9.17) is 0 Å². The predicted molar refractivity (Wildman–Crippen MR) is 59.8 cm³/mol. The molecule has 0 saturated carbocycles. The van der Waals surface area contributed by atoms with Crippen LogP contribution in [0, 0.1) is 0 Å². The van der Waals surface area contributed by atoms with Crippen LogP contribution in [-0.4, -0.2) is 54.5 Å². The molecule has 1 aromatic heterocycles. The van der Waals surface area contributed by atoms with E-state index in [1.807, 2.05) is 4.90 Å². The zero-order valence-corrected chi connectivity index (χ0v) is 13.4. The van der Waals surface area contributed by atoms with Gasteiger partial charge in [0.1, 0.15) is 0 Å². The van der Waals surface area contributed by atoms with Gasteiger partial charge in [-0.15, -0.1) is 0 Å². The van der Waals surface area contributed by atoms with Crippen LogP contribution in [0.25, 0.3) is 0 Å². The molecule has 0 amide bonds. The average Bonchev–Trinajstić information content (AvgIpc) is 2.29. The number of rotatable bonds is 3. The van der Waals surface area contributed by atoms with Crippen LogP contribution in [0.3, 0.4) is 0 Å². The monoisotopic (exact) mass is 284 g/mol. The zero-order chi connectivity index (χ0) is 12.3. The number of aromatic nitrogens is 2. The van der Waals surface area contributed by atoms with Crippen molar-refractivity contribution < 1.29 is 64.3 Å². The van der Waals surface area contributed by atoms with E-state index in [9.17, 15) is 12.9 Å². The number of halogens is 3. The second-order valence-electron chi connectivity index (χ2n) is 4.05. The van der Waals surface area contributed by atoms with Gasteiger partial charge in [-0.3, -0.25) is 0 Å². The molecule has 0 aromatic carbocycles. The van der Waals surface area contributed by atoms with Gasteiger partial charge in [0.2, 0.25) is 5.95 Å². The van der Waals surface area contributed by atoms with E-state index in [-0.39, 0.29) is 51.4 Å². The van der Waals surface area contributed by atoms with Crippen molar-refractivity contribution in [2.45, 2.75) is 0 Å². The SMILES string of the molecule is F[B-](F)(F)CN1CCN(c2ncccn2)CC1.[K+]. The Morgan fingerprint density at radius 3 is 2.11 bits per heavy atom. The van der Waals surface area contributed by atoms with Crippen molar-refractivity contribution in [1.29, 1.82) is 0 Å². The fraction of sp³-hybridized carbons (Fsp3) is 0.556. The van der Waals surface area contributed by atoms with Crippen LogP contribution < -0.4 is 56.3 Å². The topological polar surface area (TPSA) is 32.3 Å².